The van der Waals surface area contributed by atoms with Gasteiger partial charge >= 0.3 is 0 Å². The summed E-state index contributed by atoms with van der Waals surface area (Å²) in [6.07, 6.45) is 0.679. The molecule has 1 aromatic heterocycles. The summed E-state index contributed by atoms with van der Waals surface area (Å²) in [6, 6.07) is 14.5. The van der Waals surface area contributed by atoms with E-state index < -0.39 is 4.92 Å². The lowest BCUT2D eigenvalue weighted by Gasteiger charge is -1.99. The van der Waals surface area contributed by atoms with Crippen molar-refractivity contribution < 1.29 is 4.92 Å². The highest BCUT2D eigenvalue weighted by atomic mass is 16.6. The van der Waals surface area contributed by atoms with Gasteiger partial charge in [0.2, 0.25) is 0 Å². The van der Waals surface area contributed by atoms with Crippen LogP contribution in [0.5, 0.6) is 0 Å². The van der Waals surface area contributed by atoms with Gasteiger partial charge in [-0.3, -0.25) is 15.2 Å². The van der Waals surface area contributed by atoms with Gasteiger partial charge < -0.3 is 0 Å². The first-order valence-corrected chi connectivity index (χ1v) is 5.89. The highest BCUT2D eigenvalue weighted by molar-refractivity contribution is 5.81. The number of benzene rings is 2. The zero-order chi connectivity index (χ0) is 13.2. The van der Waals surface area contributed by atoms with Crippen molar-refractivity contribution in [2.24, 2.45) is 0 Å². The van der Waals surface area contributed by atoms with E-state index >= 15 is 0 Å². The predicted octanol–water partition coefficient (Wildman–Crippen LogP) is 3.06. The van der Waals surface area contributed by atoms with E-state index in [2.05, 4.69) is 10.2 Å². The fraction of sp³-hybridized carbons (Fsp3) is 0.0714. The van der Waals surface area contributed by atoms with Crippen LogP contribution >= 0.6 is 0 Å². The van der Waals surface area contributed by atoms with Gasteiger partial charge in [-0.05, 0) is 11.6 Å². The Kier molecular flexibility index (Phi) is 2.72. The summed E-state index contributed by atoms with van der Waals surface area (Å²) in [5.41, 5.74) is 3.07. The van der Waals surface area contributed by atoms with Crippen LogP contribution < -0.4 is 0 Å². The molecule has 0 amide bonds. The minimum Gasteiger partial charge on any atom is -0.281 e. The van der Waals surface area contributed by atoms with Crippen LogP contribution in [0.25, 0.3) is 10.9 Å². The van der Waals surface area contributed by atoms with E-state index in [0.29, 0.717) is 6.42 Å². The lowest BCUT2D eigenvalue weighted by molar-refractivity contribution is -0.384. The highest BCUT2D eigenvalue weighted by Crippen LogP contribution is 2.19. The molecule has 0 atom stereocenters. The number of hydrogen-bond acceptors (Lipinski definition) is 3. The summed E-state index contributed by atoms with van der Waals surface area (Å²) in [7, 11) is 0. The van der Waals surface area contributed by atoms with Gasteiger partial charge in [-0.1, -0.05) is 30.3 Å². The van der Waals surface area contributed by atoms with Crippen molar-refractivity contribution in [1.82, 2.24) is 10.2 Å². The van der Waals surface area contributed by atoms with Crippen LogP contribution in [0.4, 0.5) is 5.69 Å². The second-order valence-electron chi connectivity index (χ2n) is 4.32. The van der Waals surface area contributed by atoms with Crippen LogP contribution in [0, 0.1) is 10.1 Å². The molecule has 0 aliphatic rings. The number of H-pyrrole nitrogens is 1. The zero-order valence-corrected chi connectivity index (χ0v) is 10.0. The summed E-state index contributed by atoms with van der Waals surface area (Å²) >= 11 is 0. The first-order valence-electron chi connectivity index (χ1n) is 5.89. The van der Waals surface area contributed by atoms with E-state index in [1.54, 1.807) is 12.1 Å². The molecular weight excluding hydrogens is 242 g/mol. The molecule has 94 valence electrons. The van der Waals surface area contributed by atoms with Crippen LogP contribution in [0.3, 0.4) is 0 Å². The number of nitrogens with zero attached hydrogens (tertiary/aromatic N) is 2. The summed E-state index contributed by atoms with van der Waals surface area (Å²) in [5, 5.41) is 18.9. The number of nitro benzene ring substituents is 1. The average molecular weight is 253 g/mol. The van der Waals surface area contributed by atoms with E-state index in [-0.39, 0.29) is 5.69 Å². The Morgan fingerprint density at radius 2 is 1.84 bits per heavy atom. The molecule has 5 nitrogen and oxygen atoms in total. The fourth-order valence-corrected chi connectivity index (χ4v) is 2.09. The van der Waals surface area contributed by atoms with Gasteiger partial charge in [-0.2, -0.15) is 5.10 Å². The van der Waals surface area contributed by atoms with Crippen LogP contribution in [-0.4, -0.2) is 15.1 Å². The molecular formula is C14H11N3O2. The molecule has 1 heterocycles. The first-order chi connectivity index (χ1) is 9.24. The third kappa shape index (κ3) is 2.18. The number of aromatic nitrogens is 2. The normalized spacial score (nSPS) is 10.7. The summed E-state index contributed by atoms with van der Waals surface area (Å²) in [5.74, 6) is 0. The average Bonchev–Trinajstić information content (AvgIpc) is 2.83. The number of nitro groups is 1. The Labute approximate surface area is 109 Å². The van der Waals surface area contributed by atoms with Crippen molar-refractivity contribution in [2.45, 2.75) is 6.42 Å². The van der Waals surface area contributed by atoms with Crippen LogP contribution in [-0.2, 0) is 6.42 Å². The lowest BCUT2D eigenvalue weighted by atomic mass is 10.1. The minimum atomic E-state index is -0.393. The SMILES string of the molecule is O=[N+]([O-])c1ccc(Cc2[nH]nc3ccccc23)cc1. The maximum atomic E-state index is 10.6. The van der Waals surface area contributed by atoms with Crippen LogP contribution in [0.2, 0.25) is 0 Å². The van der Waals surface area contributed by atoms with Crippen molar-refractivity contribution >= 4 is 16.6 Å². The zero-order valence-electron chi connectivity index (χ0n) is 10.0. The number of fused-ring (bicyclic) bond motifs is 1. The van der Waals surface area contributed by atoms with Crippen molar-refractivity contribution in [1.29, 1.82) is 0 Å². The number of aromatic amines is 1. The molecule has 5 heteroatoms. The monoisotopic (exact) mass is 253 g/mol. The summed E-state index contributed by atoms with van der Waals surface area (Å²) in [6.45, 7) is 0. The Hall–Kier alpha value is -2.69. The molecule has 0 aliphatic heterocycles. The second kappa shape index (κ2) is 4.53. The molecule has 0 radical (unpaired) electrons. The van der Waals surface area contributed by atoms with Gasteiger partial charge in [0.1, 0.15) is 0 Å². The number of rotatable bonds is 3. The van der Waals surface area contributed by atoms with Crippen molar-refractivity contribution in [3.05, 3.63) is 69.9 Å². The largest absolute Gasteiger partial charge is 0.281 e. The number of para-hydroxylation sites is 1. The van der Waals surface area contributed by atoms with Crippen molar-refractivity contribution in [3.8, 4) is 0 Å². The third-order valence-electron chi connectivity index (χ3n) is 3.07. The minimum absolute atomic E-state index is 0.109. The van der Waals surface area contributed by atoms with Crippen LogP contribution in [0.15, 0.2) is 48.5 Å². The van der Waals surface area contributed by atoms with Gasteiger partial charge in [0.25, 0.3) is 5.69 Å². The molecule has 19 heavy (non-hydrogen) atoms. The van der Waals surface area contributed by atoms with Gasteiger partial charge in [0.15, 0.2) is 0 Å². The van der Waals surface area contributed by atoms with Gasteiger partial charge in [0.05, 0.1) is 10.4 Å². The Bertz CT molecular complexity index is 732. The highest BCUT2D eigenvalue weighted by Gasteiger charge is 2.07. The molecule has 1 N–H and O–H groups in total. The molecule has 3 aromatic rings. The van der Waals surface area contributed by atoms with Crippen molar-refractivity contribution in [3.63, 3.8) is 0 Å². The predicted molar refractivity (Wildman–Crippen MR) is 72.0 cm³/mol. The topological polar surface area (TPSA) is 71.8 Å². The summed E-state index contributed by atoms with van der Waals surface area (Å²) in [4.78, 5) is 10.2. The molecule has 0 saturated heterocycles. The van der Waals surface area contributed by atoms with Gasteiger partial charge in [-0.15, -0.1) is 0 Å². The van der Waals surface area contributed by atoms with E-state index in [0.717, 1.165) is 22.2 Å². The maximum absolute atomic E-state index is 10.6. The van der Waals surface area contributed by atoms with E-state index in [9.17, 15) is 10.1 Å². The first kappa shape index (κ1) is 11.4. The smallest absolute Gasteiger partial charge is 0.269 e. The number of non-ortho nitro benzene ring substituents is 1. The number of nitrogens with one attached hydrogen (secondary N) is 1. The van der Waals surface area contributed by atoms with Gasteiger partial charge in [0, 0.05) is 29.6 Å². The molecule has 2 aromatic carbocycles. The van der Waals surface area contributed by atoms with E-state index in [1.807, 2.05) is 24.3 Å². The molecule has 3 rings (SSSR count). The van der Waals surface area contributed by atoms with Gasteiger partial charge in [-0.25, -0.2) is 0 Å². The quantitative estimate of drug-likeness (QED) is 0.576. The molecule has 0 saturated carbocycles. The van der Waals surface area contributed by atoms with Crippen molar-refractivity contribution in [2.75, 3.05) is 0 Å². The standard InChI is InChI=1S/C14H11N3O2/c18-17(19)11-7-5-10(6-8-11)9-14-12-3-1-2-4-13(12)15-16-14/h1-8H,9H2,(H,15,16). The van der Waals surface area contributed by atoms with E-state index in [4.69, 9.17) is 0 Å². The second-order valence-corrected chi connectivity index (χ2v) is 4.32. The molecule has 0 unspecified atom stereocenters. The fourth-order valence-electron chi connectivity index (χ4n) is 2.09. The van der Waals surface area contributed by atoms with Crippen LogP contribution in [0.1, 0.15) is 11.3 Å². The molecule has 0 fully saturated rings. The lowest BCUT2D eigenvalue weighted by Crippen LogP contribution is -1.91. The Morgan fingerprint density at radius 3 is 2.58 bits per heavy atom. The van der Waals surface area contributed by atoms with E-state index in [1.165, 1.54) is 12.1 Å². The molecule has 0 spiro atoms. The molecule has 0 bridgehead atoms. The number of hydrogen-bond donors (Lipinski definition) is 1. The Morgan fingerprint density at radius 1 is 1.11 bits per heavy atom. The maximum Gasteiger partial charge on any atom is 0.269 e. The Balaban J connectivity index is 1.90. The third-order valence-corrected chi connectivity index (χ3v) is 3.07. The summed E-state index contributed by atoms with van der Waals surface area (Å²) < 4.78 is 0. The molecule has 0 aliphatic carbocycles.